The third-order valence-electron chi connectivity index (χ3n) is 2.87. The summed E-state index contributed by atoms with van der Waals surface area (Å²) in [6.07, 6.45) is 0.00171. The van der Waals surface area contributed by atoms with Gasteiger partial charge < -0.3 is 19.6 Å². The first kappa shape index (κ1) is 19.2. The molecule has 122 valence electrons. The molecule has 0 fully saturated rings. The third kappa shape index (κ3) is 7.53. The van der Waals surface area contributed by atoms with Gasteiger partial charge in [-0.2, -0.15) is 0 Å². The highest BCUT2D eigenvalue weighted by Gasteiger charge is 2.29. The molecule has 0 spiro atoms. The van der Waals surface area contributed by atoms with Gasteiger partial charge >= 0.3 is 18.0 Å². The summed E-state index contributed by atoms with van der Waals surface area (Å²) >= 11 is 0. The normalized spacial score (nSPS) is 10.9. The lowest BCUT2D eigenvalue weighted by Gasteiger charge is -2.38. The van der Waals surface area contributed by atoms with Crippen molar-refractivity contribution in [2.75, 3.05) is 26.7 Å². The minimum Gasteiger partial charge on any atom is -0.481 e. The quantitative estimate of drug-likeness (QED) is 0.721. The lowest BCUT2D eigenvalue weighted by atomic mass is 10.1. The molecule has 7 heteroatoms. The lowest BCUT2D eigenvalue weighted by molar-refractivity contribution is -0.143. The molecule has 0 aliphatic rings. The Morgan fingerprint density at radius 1 is 1.10 bits per heavy atom. The van der Waals surface area contributed by atoms with Gasteiger partial charge in [-0.05, 0) is 27.7 Å². The molecule has 0 atom stereocenters. The number of carboxylic acid groups (broad SMARTS) is 1. The van der Waals surface area contributed by atoms with Crippen LogP contribution in [0.3, 0.4) is 0 Å². The largest absolute Gasteiger partial charge is 0.481 e. The number of hydrogen-bond donors (Lipinski definition) is 1. The second-order valence-electron chi connectivity index (χ2n) is 5.73. The molecule has 0 aliphatic carbocycles. The lowest BCUT2D eigenvalue weighted by Crippen LogP contribution is -2.51. The van der Waals surface area contributed by atoms with Crippen LogP contribution in [0.2, 0.25) is 0 Å². The zero-order valence-corrected chi connectivity index (χ0v) is 13.5. The number of rotatable bonds is 7. The van der Waals surface area contributed by atoms with Gasteiger partial charge in [0.25, 0.3) is 0 Å². The average molecular weight is 302 g/mol. The van der Waals surface area contributed by atoms with Crippen molar-refractivity contribution in [2.45, 2.75) is 46.1 Å². The van der Waals surface area contributed by atoms with Crippen LogP contribution in [0.25, 0.3) is 0 Å². The molecule has 0 aliphatic heterocycles. The van der Waals surface area contributed by atoms with Crippen molar-refractivity contribution in [3.05, 3.63) is 0 Å². The van der Waals surface area contributed by atoms with Crippen LogP contribution in [-0.4, -0.2) is 65.2 Å². The summed E-state index contributed by atoms with van der Waals surface area (Å²) in [7, 11) is 1.58. The molecule has 0 heterocycles. The van der Waals surface area contributed by atoms with Crippen molar-refractivity contribution in [1.29, 1.82) is 0 Å². The van der Waals surface area contributed by atoms with Crippen molar-refractivity contribution in [3.8, 4) is 0 Å². The fourth-order valence-corrected chi connectivity index (χ4v) is 1.72. The Kier molecular flexibility index (Phi) is 7.76. The summed E-state index contributed by atoms with van der Waals surface area (Å²) < 4.78 is 4.81. The SMILES string of the molecule is CCOC(=O)CCN(C)C(=O)N(CCC(=O)O)C(C)(C)C. The summed E-state index contributed by atoms with van der Waals surface area (Å²) in [5.74, 6) is -1.31. The smallest absolute Gasteiger partial charge is 0.320 e. The number of ether oxygens (including phenoxy) is 1. The number of hydrogen-bond acceptors (Lipinski definition) is 4. The van der Waals surface area contributed by atoms with Gasteiger partial charge in [0.1, 0.15) is 0 Å². The van der Waals surface area contributed by atoms with Crippen molar-refractivity contribution >= 4 is 18.0 Å². The van der Waals surface area contributed by atoms with Gasteiger partial charge in [-0.25, -0.2) is 4.79 Å². The standard InChI is InChI=1S/C14H26N2O5/c1-6-21-12(19)8-9-15(5)13(20)16(14(2,3)4)10-7-11(17)18/h6-10H2,1-5H3,(H,17,18). The van der Waals surface area contributed by atoms with E-state index < -0.39 is 11.5 Å². The summed E-state index contributed by atoms with van der Waals surface area (Å²) in [6, 6.07) is -0.298. The Labute approximate surface area is 125 Å². The minimum atomic E-state index is -0.953. The van der Waals surface area contributed by atoms with E-state index in [0.29, 0.717) is 6.61 Å². The zero-order valence-electron chi connectivity index (χ0n) is 13.5. The highest BCUT2D eigenvalue weighted by Crippen LogP contribution is 2.16. The van der Waals surface area contributed by atoms with Gasteiger partial charge in [-0.15, -0.1) is 0 Å². The Hall–Kier alpha value is -1.79. The Morgan fingerprint density at radius 2 is 1.67 bits per heavy atom. The number of urea groups is 1. The van der Waals surface area contributed by atoms with Crippen LogP contribution in [0.1, 0.15) is 40.5 Å². The maximum Gasteiger partial charge on any atom is 0.320 e. The van der Waals surface area contributed by atoms with Crippen LogP contribution < -0.4 is 0 Å². The van der Waals surface area contributed by atoms with E-state index in [2.05, 4.69) is 0 Å². The van der Waals surface area contributed by atoms with Crippen molar-refractivity contribution < 1.29 is 24.2 Å². The van der Waals surface area contributed by atoms with Crippen LogP contribution in [0.15, 0.2) is 0 Å². The molecular weight excluding hydrogens is 276 g/mol. The molecule has 2 amide bonds. The van der Waals surface area contributed by atoms with E-state index in [1.807, 2.05) is 20.8 Å². The van der Waals surface area contributed by atoms with E-state index in [0.717, 1.165) is 0 Å². The molecule has 7 nitrogen and oxygen atoms in total. The topological polar surface area (TPSA) is 87.2 Å². The molecule has 0 aromatic rings. The van der Waals surface area contributed by atoms with Gasteiger partial charge in [0.2, 0.25) is 0 Å². The number of esters is 1. The molecule has 0 saturated carbocycles. The molecule has 0 unspecified atom stereocenters. The van der Waals surface area contributed by atoms with Gasteiger partial charge in [-0.3, -0.25) is 9.59 Å². The van der Waals surface area contributed by atoms with Gasteiger partial charge in [-0.1, -0.05) is 0 Å². The van der Waals surface area contributed by atoms with Crippen LogP contribution in [0.5, 0.6) is 0 Å². The number of aliphatic carboxylic acids is 1. The first-order valence-corrected chi connectivity index (χ1v) is 6.99. The molecule has 0 aromatic carbocycles. The predicted octanol–water partition coefficient (Wildman–Crippen LogP) is 1.57. The van der Waals surface area contributed by atoms with E-state index in [9.17, 15) is 14.4 Å². The Balaban J connectivity index is 4.64. The number of carbonyl (C=O) groups excluding carboxylic acids is 2. The zero-order chi connectivity index (χ0) is 16.6. The molecule has 0 radical (unpaired) electrons. The summed E-state index contributed by atoms with van der Waals surface area (Å²) in [6.45, 7) is 7.91. The molecule has 0 saturated heterocycles. The number of amides is 2. The average Bonchev–Trinajstić information content (AvgIpc) is 2.34. The van der Waals surface area contributed by atoms with Crippen molar-refractivity contribution in [3.63, 3.8) is 0 Å². The van der Waals surface area contributed by atoms with Gasteiger partial charge in [0, 0.05) is 25.7 Å². The van der Waals surface area contributed by atoms with Gasteiger partial charge in [0.15, 0.2) is 0 Å². The number of carboxylic acids is 1. The maximum atomic E-state index is 12.4. The molecule has 21 heavy (non-hydrogen) atoms. The minimum absolute atomic E-state index is 0.116. The first-order chi connectivity index (χ1) is 9.59. The van der Waals surface area contributed by atoms with E-state index in [1.165, 1.54) is 9.80 Å². The molecule has 0 bridgehead atoms. The Morgan fingerprint density at radius 3 is 2.10 bits per heavy atom. The molecule has 0 aromatic heterocycles. The predicted molar refractivity (Wildman–Crippen MR) is 78.0 cm³/mol. The summed E-state index contributed by atoms with van der Waals surface area (Å²) in [5, 5.41) is 8.77. The number of carbonyl (C=O) groups is 3. The van der Waals surface area contributed by atoms with Gasteiger partial charge in [0.05, 0.1) is 19.4 Å². The highest BCUT2D eigenvalue weighted by molar-refractivity contribution is 5.77. The van der Waals surface area contributed by atoms with E-state index in [-0.39, 0.29) is 37.9 Å². The fourth-order valence-electron chi connectivity index (χ4n) is 1.72. The Bertz CT molecular complexity index is 376. The first-order valence-electron chi connectivity index (χ1n) is 6.99. The molecular formula is C14H26N2O5. The monoisotopic (exact) mass is 302 g/mol. The van der Waals surface area contributed by atoms with Crippen LogP contribution in [0, 0.1) is 0 Å². The third-order valence-corrected chi connectivity index (χ3v) is 2.87. The van der Waals surface area contributed by atoms with Crippen molar-refractivity contribution in [1.82, 2.24) is 9.80 Å². The molecule has 1 N–H and O–H groups in total. The van der Waals surface area contributed by atoms with Crippen molar-refractivity contribution in [2.24, 2.45) is 0 Å². The molecule has 0 rings (SSSR count). The highest BCUT2D eigenvalue weighted by atomic mass is 16.5. The fraction of sp³-hybridized carbons (Fsp3) is 0.786. The number of nitrogens with zero attached hydrogens (tertiary/aromatic N) is 2. The second-order valence-corrected chi connectivity index (χ2v) is 5.73. The van der Waals surface area contributed by atoms with E-state index in [1.54, 1.807) is 14.0 Å². The maximum absolute atomic E-state index is 12.4. The second kappa shape index (κ2) is 8.49. The van der Waals surface area contributed by atoms with Crippen LogP contribution in [-0.2, 0) is 14.3 Å². The van der Waals surface area contributed by atoms with Crippen LogP contribution >= 0.6 is 0 Å². The van der Waals surface area contributed by atoms with Crippen LogP contribution in [0.4, 0.5) is 4.79 Å². The summed E-state index contributed by atoms with van der Waals surface area (Å²) in [5.41, 5.74) is -0.495. The van der Waals surface area contributed by atoms with E-state index in [4.69, 9.17) is 9.84 Å². The van der Waals surface area contributed by atoms with E-state index >= 15 is 0 Å². The summed E-state index contributed by atoms with van der Waals surface area (Å²) in [4.78, 5) is 37.3.